The SMILES string of the molecule is C=CC(N)C[SH]1C=CC=C1. The first-order valence-electron chi connectivity index (χ1n) is 3.32. The highest BCUT2D eigenvalue weighted by Crippen LogP contribution is 2.32. The van der Waals surface area contributed by atoms with Crippen molar-refractivity contribution in [1.29, 1.82) is 0 Å². The van der Waals surface area contributed by atoms with Crippen molar-refractivity contribution in [1.82, 2.24) is 0 Å². The summed E-state index contributed by atoms with van der Waals surface area (Å²) < 4.78 is 0. The fourth-order valence-corrected chi connectivity index (χ4v) is 2.43. The third kappa shape index (κ3) is 2.05. The Kier molecular flexibility index (Phi) is 2.78. The molecule has 0 saturated carbocycles. The molecule has 1 aliphatic heterocycles. The first-order valence-corrected chi connectivity index (χ1v) is 4.98. The summed E-state index contributed by atoms with van der Waals surface area (Å²) in [5, 5.41) is 4.44. The van der Waals surface area contributed by atoms with Crippen LogP contribution in [0.25, 0.3) is 0 Å². The van der Waals surface area contributed by atoms with Gasteiger partial charge < -0.3 is 5.73 Å². The number of thiol groups is 1. The Bertz CT molecular complexity index is 160. The summed E-state index contributed by atoms with van der Waals surface area (Å²) in [7, 11) is -0.0477. The monoisotopic (exact) mass is 155 g/mol. The van der Waals surface area contributed by atoms with E-state index in [2.05, 4.69) is 29.5 Å². The number of hydrogen-bond donors (Lipinski definition) is 2. The molecule has 2 N–H and O–H groups in total. The molecule has 1 rings (SSSR count). The average Bonchev–Trinajstić information content (AvgIpc) is 2.40. The van der Waals surface area contributed by atoms with Crippen molar-refractivity contribution in [2.24, 2.45) is 5.73 Å². The Morgan fingerprint density at radius 2 is 2.10 bits per heavy atom. The van der Waals surface area contributed by atoms with Crippen LogP contribution in [0.2, 0.25) is 0 Å². The van der Waals surface area contributed by atoms with E-state index < -0.39 is 0 Å². The summed E-state index contributed by atoms with van der Waals surface area (Å²) in [6.45, 7) is 3.64. The third-order valence-corrected chi connectivity index (χ3v) is 3.34. The van der Waals surface area contributed by atoms with Gasteiger partial charge in [0.1, 0.15) is 0 Å². The minimum atomic E-state index is -0.0477. The summed E-state index contributed by atoms with van der Waals surface area (Å²) in [6.07, 6.45) is 5.98. The van der Waals surface area contributed by atoms with Gasteiger partial charge in [0.05, 0.1) is 0 Å². The predicted octanol–water partition coefficient (Wildman–Crippen LogP) is 1.54. The molecule has 1 aliphatic rings. The second-order valence-electron chi connectivity index (χ2n) is 2.28. The Hall–Kier alpha value is -0.470. The van der Waals surface area contributed by atoms with E-state index in [9.17, 15) is 0 Å². The smallest absolute Gasteiger partial charge is 0.0302 e. The summed E-state index contributed by atoms with van der Waals surface area (Å²) in [5.74, 6) is 1.05. The van der Waals surface area contributed by atoms with Crippen LogP contribution in [0.5, 0.6) is 0 Å². The molecule has 0 saturated heterocycles. The summed E-state index contributed by atoms with van der Waals surface area (Å²) in [6, 6.07) is 0.165. The molecular formula is C8H13NS. The molecular weight excluding hydrogens is 142 g/mol. The molecule has 10 heavy (non-hydrogen) atoms. The van der Waals surface area contributed by atoms with Crippen LogP contribution in [0.3, 0.4) is 0 Å². The van der Waals surface area contributed by atoms with E-state index in [4.69, 9.17) is 5.73 Å². The largest absolute Gasteiger partial charge is 0.324 e. The molecule has 2 heteroatoms. The highest BCUT2D eigenvalue weighted by atomic mass is 32.2. The van der Waals surface area contributed by atoms with Gasteiger partial charge >= 0.3 is 0 Å². The van der Waals surface area contributed by atoms with E-state index in [-0.39, 0.29) is 16.9 Å². The van der Waals surface area contributed by atoms with Crippen LogP contribution in [0.15, 0.2) is 35.6 Å². The molecule has 1 nitrogen and oxygen atoms in total. The summed E-state index contributed by atoms with van der Waals surface area (Å²) >= 11 is 0. The van der Waals surface area contributed by atoms with Crippen LogP contribution in [0.4, 0.5) is 0 Å². The number of rotatable bonds is 3. The maximum Gasteiger partial charge on any atom is 0.0302 e. The van der Waals surface area contributed by atoms with Crippen molar-refractivity contribution in [3.8, 4) is 0 Å². The molecule has 56 valence electrons. The lowest BCUT2D eigenvalue weighted by Gasteiger charge is -2.12. The van der Waals surface area contributed by atoms with E-state index in [1.165, 1.54) is 0 Å². The summed E-state index contributed by atoms with van der Waals surface area (Å²) in [5.41, 5.74) is 5.68. The van der Waals surface area contributed by atoms with Gasteiger partial charge in [-0.25, -0.2) is 10.9 Å². The molecule has 0 radical (unpaired) electrons. The zero-order chi connectivity index (χ0) is 7.40. The van der Waals surface area contributed by atoms with Crippen molar-refractivity contribution >= 4 is 10.9 Å². The lowest BCUT2D eigenvalue weighted by molar-refractivity contribution is 0.943. The van der Waals surface area contributed by atoms with Crippen molar-refractivity contribution in [3.05, 3.63) is 35.6 Å². The second-order valence-corrected chi connectivity index (χ2v) is 4.27. The van der Waals surface area contributed by atoms with Gasteiger partial charge in [0, 0.05) is 11.8 Å². The molecule has 0 bridgehead atoms. The van der Waals surface area contributed by atoms with Gasteiger partial charge in [-0.3, -0.25) is 0 Å². The fourth-order valence-electron chi connectivity index (χ4n) is 0.810. The third-order valence-electron chi connectivity index (χ3n) is 1.39. The topological polar surface area (TPSA) is 26.0 Å². The minimum Gasteiger partial charge on any atom is -0.324 e. The number of nitrogens with two attached hydrogens (primary N) is 1. The van der Waals surface area contributed by atoms with Crippen molar-refractivity contribution < 1.29 is 0 Å². The minimum absolute atomic E-state index is 0.0477. The van der Waals surface area contributed by atoms with Crippen molar-refractivity contribution in [3.63, 3.8) is 0 Å². The first kappa shape index (κ1) is 7.63. The normalized spacial score (nSPS) is 21.5. The standard InChI is InChI=1S/C8H13NS/c1-2-8(9)7-10-5-3-4-6-10/h2-6,8,10H,1,7,9H2. The Labute approximate surface area is 64.7 Å². The van der Waals surface area contributed by atoms with Gasteiger partial charge in [-0.2, -0.15) is 0 Å². The van der Waals surface area contributed by atoms with Gasteiger partial charge in [-0.05, 0) is 10.8 Å². The van der Waals surface area contributed by atoms with Gasteiger partial charge in [-0.15, -0.1) is 6.58 Å². The Balaban J connectivity index is 2.31. The van der Waals surface area contributed by atoms with Crippen LogP contribution in [-0.4, -0.2) is 11.8 Å². The Morgan fingerprint density at radius 1 is 1.50 bits per heavy atom. The van der Waals surface area contributed by atoms with Crippen molar-refractivity contribution in [2.75, 3.05) is 5.75 Å². The lowest BCUT2D eigenvalue weighted by Crippen LogP contribution is -2.20. The molecule has 0 aromatic rings. The van der Waals surface area contributed by atoms with Gasteiger partial charge in [0.2, 0.25) is 0 Å². The van der Waals surface area contributed by atoms with Crippen LogP contribution < -0.4 is 5.73 Å². The predicted molar refractivity (Wildman–Crippen MR) is 50.3 cm³/mol. The van der Waals surface area contributed by atoms with Crippen LogP contribution in [0.1, 0.15) is 0 Å². The summed E-state index contributed by atoms with van der Waals surface area (Å²) in [4.78, 5) is 0. The Morgan fingerprint density at radius 3 is 2.60 bits per heavy atom. The molecule has 0 aromatic heterocycles. The van der Waals surface area contributed by atoms with Crippen molar-refractivity contribution in [2.45, 2.75) is 6.04 Å². The molecule has 0 aromatic carbocycles. The zero-order valence-electron chi connectivity index (χ0n) is 5.90. The molecule has 1 heterocycles. The lowest BCUT2D eigenvalue weighted by atomic mass is 10.4. The van der Waals surface area contributed by atoms with E-state index in [1.54, 1.807) is 0 Å². The van der Waals surface area contributed by atoms with Crippen LogP contribution in [-0.2, 0) is 0 Å². The van der Waals surface area contributed by atoms with Crippen LogP contribution in [0, 0.1) is 0 Å². The van der Waals surface area contributed by atoms with Gasteiger partial charge in [-0.1, -0.05) is 18.2 Å². The maximum absolute atomic E-state index is 5.68. The highest BCUT2D eigenvalue weighted by Gasteiger charge is 2.02. The fraction of sp³-hybridized carbons (Fsp3) is 0.250. The van der Waals surface area contributed by atoms with E-state index in [0.717, 1.165) is 5.75 Å². The quantitative estimate of drug-likeness (QED) is 0.469. The zero-order valence-corrected chi connectivity index (χ0v) is 6.80. The molecule has 0 amide bonds. The molecule has 0 spiro atoms. The molecule has 1 atom stereocenters. The van der Waals surface area contributed by atoms with Gasteiger partial charge in [0.15, 0.2) is 0 Å². The first-order chi connectivity index (χ1) is 4.83. The number of hydrogen-bond acceptors (Lipinski definition) is 1. The molecule has 1 unspecified atom stereocenters. The van der Waals surface area contributed by atoms with E-state index in [1.807, 2.05) is 6.08 Å². The maximum atomic E-state index is 5.68. The number of allylic oxidation sites excluding steroid dienone is 2. The second kappa shape index (κ2) is 3.64. The molecule has 0 aliphatic carbocycles. The van der Waals surface area contributed by atoms with E-state index >= 15 is 0 Å². The highest BCUT2D eigenvalue weighted by molar-refractivity contribution is 8.22. The average molecular weight is 155 g/mol. The molecule has 0 fully saturated rings. The van der Waals surface area contributed by atoms with E-state index in [0.29, 0.717) is 0 Å². The van der Waals surface area contributed by atoms with Gasteiger partial charge in [0.25, 0.3) is 0 Å². The van der Waals surface area contributed by atoms with Crippen LogP contribution >= 0.6 is 10.9 Å².